The molecule has 0 aliphatic carbocycles. The summed E-state index contributed by atoms with van der Waals surface area (Å²) < 4.78 is 6.37. The van der Waals surface area contributed by atoms with Gasteiger partial charge in [-0.15, -0.1) is 0 Å². The average molecular weight is 439 g/mol. The van der Waals surface area contributed by atoms with Gasteiger partial charge in [0.25, 0.3) is 5.91 Å². The molecule has 136 valence electrons. The summed E-state index contributed by atoms with van der Waals surface area (Å²) in [6, 6.07) is 12.3. The number of benzene rings is 2. The van der Waals surface area contributed by atoms with Crippen LogP contribution >= 0.6 is 27.5 Å². The fraction of sp³-hybridized carbons (Fsp3) is 0.263. The molecule has 1 atom stereocenters. The number of para-hydroxylation sites is 1. The molecule has 0 saturated carbocycles. The van der Waals surface area contributed by atoms with Crippen LogP contribution in [0.1, 0.15) is 18.9 Å². The first-order valence-corrected chi connectivity index (χ1v) is 9.21. The largest absolute Gasteiger partial charge is 0.490 e. The molecule has 2 aromatic carbocycles. The Morgan fingerprint density at radius 1 is 1.31 bits per heavy atom. The number of carbonyl (C=O) groups excluding carboxylic acids is 2. The van der Waals surface area contributed by atoms with Gasteiger partial charge in [-0.2, -0.15) is 0 Å². The normalized spacial score (nSPS) is 18.8. The zero-order chi connectivity index (χ0) is 18.9. The number of ether oxygens (including phenoxy) is 1. The molecule has 0 spiro atoms. The molecule has 1 N–H and O–H groups in total. The Balaban J connectivity index is 1.83. The smallest absolute Gasteiger partial charge is 0.264 e. The van der Waals surface area contributed by atoms with Gasteiger partial charge in [0, 0.05) is 16.5 Å². The Labute approximate surface area is 164 Å². The number of Topliss-reactive ketones (excluding diaryl/α,β-unsaturated/α-hetero) is 1. The van der Waals surface area contributed by atoms with Crippen molar-refractivity contribution in [2.24, 2.45) is 0 Å². The number of aliphatic hydroxyl groups is 1. The van der Waals surface area contributed by atoms with Gasteiger partial charge in [-0.3, -0.25) is 9.59 Å². The third-order valence-corrected chi connectivity index (χ3v) is 5.01. The maximum atomic E-state index is 12.9. The average Bonchev–Trinajstić information content (AvgIpc) is 2.77. The number of rotatable bonds is 6. The van der Waals surface area contributed by atoms with E-state index < -0.39 is 11.5 Å². The van der Waals surface area contributed by atoms with Crippen LogP contribution < -0.4 is 9.64 Å². The lowest BCUT2D eigenvalue weighted by Gasteiger charge is -2.22. The quantitative estimate of drug-likeness (QED) is 0.747. The first-order chi connectivity index (χ1) is 12.3. The van der Waals surface area contributed by atoms with E-state index >= 15 is 0 Å². The molecule has 0 aromatic heterocycles. The topological polar surface area (TPSA) is 66.8 Å². The van der Waals surface area contributed by atoms with E-state index in [1.807, 2.05) is 0 Å². The minimum Gasteiger partial charge on any atom is -0.490 e. The number of halogens is 2. The third-order valence-electron chi connectivity index (χ3n) is 4.21. The van der Waals surface area contributed by atoms with Crippen LogP contribution in [0.15, 0.2) is 46.9 Å². The van der Waals surface area contributed by atoms with Crippen molar-refractivity contribution in [3.8, 4) is 5.75 Å². The van der Waals surface area contributed by atoms with Gasteiger partial charge in [0.15, 0.2) is 5.60 Å². The fourth-order valence-corrected chi connectivity index (χ4v) is 3.64. The highest BCUT2D eigenvalue weighted by Gasteiger charge is 2.50. The fourth-order valence-electron chi connectivity index (χ4n) is 3.08. The van der Waals surface area contributed by atoms with Crippen LogP contribution in [0.2, 0.25) is 5.02 Å². The standard InChI is InChI=1S/C19H17BrClNO4/c1-12(23)11-19(25)14-10-13(20)6-7-16(14)22(18(19)24)8-9-26-17-5-3-2-4-15(17)21/h2-7,10,25H,8-9,11H2,1H3/t19-/m0/s1. The van der Waals surface area contributed by atoms with Crippen LogP contribution in [0.4, 0.5) is 5.69 Å². The molecule has 7 heteroatoms. The summed E-state index contributed by atoms with van der Waals surface area (Å²) in [6.07, 6.45) is -0.267. The number of amides is 1. The molecule has 5 nitrogen and oxygen atoms in total. The van der Waals surface area contributed by atoms with Gasteiger partial charge < -0.3 is 14.7 Å². The molecule has 2 aromatic rings. The molecule has 0 saturated heterocycles. The summed E-state index contributed by atoms with van der Waals surface area (Å²) in [5, 5.41) is 11.4. The highest BCUT2D eigenvalue weighted by Crippen LogP contribution is 2.43. The van der Waals surface area contributed by atoms with Crippen molar-refractivity contribution in [3.63, 3.8) is 0 Å². The van der Waals surface area contributed by atoms with Crippen LogP contribution in [0.5, 0.6) is 5.75 Å². The first kappa shape index (κ1) is 18.9. The minimum absolute atomic E-state index is 0.196. The zero-order valence-corrected chi connectivity index (χ0v) is 16.4. The van der Waals surface area contributed by atoms with Crippen molar-refractivity contribution in [1.29, 1.82) is 0 Å². The van der Waals surface area contributed by atoms with Gasteiger partial charge in [0.05, 0.1) is 17.3 Å². The Bertz CT molecular complexity index is 872. The van der Waals surface area contributed by atoms with E-state index in [4.69, 9.17) is 16.3 Å². The maximum Gasteiger partial charge on any atom is 0.264 e. The lowest BCUT2D eigenvalue weighted by atomic mass is 9.90. The molecule has 1 aliphatic heterocycles. The number of hydrogen-bond acceptors (Lipinski definition) is 4. The predicted molar refractivity (Wildman–Crippen MR) is 103 cm³/mol. The van der Waals surface area contributed by atoms with Crippen molar-refractivity contribution in [2.45, 2.75) is 18.9 Å². The van der Waals surface area contributed by atoms with Gasteiger partial charge >= 0.3 is 0 Å². The van der Waals surface area contributed by atoms with Crippen LogP contribution in [-0.2, 0) is 15.2 Å². The van der Waals surface area contributed by atoms with E-state index in [2.05, 4.69) is 15.9 Å². The Morgan fingerprint density at radius 2 is 2.04 bits per heavy atom. The van der Waals surface area contributed by atoms with Crippen LogP contribution in [0.25, 0.3) is 0 Å². The minimum atomic E-state index is -1.85. The third kappa shape index (κ3) is 3.49. The summed E-state index contributed by atoms with van der Waals surface area (Å²) >= 11 is 9.41. The van der Waals surface area contributed by atoms with E-state index in [9.17, 15) is 14.7 Å². The molecular weight excluding hydrogens is 422 g/mol. The zero-order valence-electron chi connectivity index (χ0n) is 14.0. The van der Waals surface area contributed by atoms with Gasteiger partial charge in [0.2, 0.25) is 0 Å². The number of anilines is 1. The van der Waals surface area contributed by atoms with Crippen molar-refractivity contribution in [1.82, 2.24) is 0 Å². The molecule has 1 amide bonds. The monoisotopic (exact) mass is 437 g/mol. The molecule has 0 unspecified atom stereocenters. The number of nitrogens with zero attached hydrogens (tertiary/aromatic N) is 1. The molecule has 1 aliphatic rings. The molecule has 0 bridgehead atoms. The van der Waals surface area contributed by atoms with Crippen molar-refractivity contribution in [3.05, 3.63) is 57.5 Å². The van der Waals surface area contributed by atoms with Crippen LogP contribution in [0.3, 0.4) is 0 Å². The van der Waals surface area contributed by atoms with E-state index in [0.717, 1.165) is 4.47 Å². The summed E-state index contributed by atoms with van der Waals surface area (Å²) in [6.45, 7) is 1.77. The van der Waals surface area contributed by atoms with Crippen LogP contribution in [0, 0.1) is 0 Å². The van der Waals surface area contributed by atoms with E-state index in [0.29, 0.717) is 22.0 Å². The summed E-state index contributed by atoms with van der Waals surface area (Å²) in [5.74, 6) is -0.264. The Kier molecular flexibility index (Phi) is 5.37. The van der Waals surface area contributed by atoms with E-state index in [1.54, 1.807) is 42.5 Å². The number of carbonyl (C=O) groups is 2. The predicted octanol–water partition coefficient (Wildman–Crippen LogP) is 3.69. The molecule has 0 fully saturated rings. The Morgan fingerprint density at radius 3 is 2.73 bits per heavy atom. The van der Waals surface area contributed by atoms with Crippen molar-refractivity contribution in [2.75, 3.05) is 18.1 Å². The van der Waals surface area contributed by atoms with E-state index in [-0.39, 0.29) is 25.4 Å². The Hall–Kier alpha value is -1.89. The number of hydrogen-bond donors (Lipinski definition) is 1. The summed E-state index contributed by atoms with van der Waals surface area (Å²) in [7, 11) is 0. The van der Waals surface area contributed by atoms with Crippen molar-refractivity contribution >= 4 is 44.9 Å². The maximum absolute atomic E-state index is 12.9. The second-order valence-corrected chi connectivity index (χ2v) is 7.46. The van der Waals surface area contributed by atoms with Gasteiger partial charge in [-0.05, 0) is 37.3 Å². The SMILES string of the molecule is CC(=O)C[C@@]1(O)C(=O)N(CCOc2ccccc2Cl)c2ccc(Br)cc21. The summed E-state index contributed by atoms with van der Waals surface area (Å²) in [4.78, 5) is 25.9. The number of ketones is 1. The van der Waals surface area contributed by atoms with Gasteiger partial charge in [-0.25, -0.2) is 0 Å². The highest BCUT2D eigenvalue weighted by molar-refractivity contribution is 9.10. The van der Waals surface area contributed by atoms with Gasteiger partial charge in [0.1, 0.15) is 18.1 Å². The highest BCUT2D eigenvalue weighted by atomic mass is 79.9. The first-order valence-electron chi connectivity index (χ1n) is 8.04. The lowest BCUT2D eigenvalue weighted by Crippen LogP contribution is -2.43. The lowest BCUT2D eigenvalue weighted by molar-refractivity contribution is -0.141. The molecule has 0 radical (unpaired) electrons. The van der Waals surface area contributed by atoms with Gasteiger partial charge in [-0.1, -0.05) is 39.7 Å². The molecule has 26 heavy (non-hydrogen) atoms. The summed E-state index contributed by atoms with van der Waals surface area (Å²) in [5.41, 5.74) is -0.857. The molecular formula is C19H17BrClNO4. The van der Waals surface area contributed by atoms with Crippen LogP contribution in [-0.4, -0.2) is 29.9 Å². The molecule has 3 rings (SSSR count). The second kappa shape index (κ2) is 7.39. The van der Waals surface area contributed by atoms with Crippen molar-refractivity contribution < 1.29 is 19.4 Å². The molecule has 1 heterocycles. The number of fused-ring (bicyclic) bond motifs is 1. The second-order valence-electron chi connectivity index (χ2n) is 6.14. The van der Waals surface area contributed by atoms with E-state index in [1.165, 1.54) is 11.8 Å².